The number of piperidine rings is 1. The molecule has 3 N–H and O–H groups in total. The number of amides is 1. The van der Waals surface area contributed by atoms with Gasteiger partial charge in [-0.05, 0) is 55.3 Å². The fourth-order valence-electron chi connectivity index (χ4n) is 3.99. The third kappa shape index (κ3) is 6.17. The zero-order valence-corrected chi connectivity index (χ0v) is 18.6. The van der Waals surface area contributed by atoms with E-state index in [0.29, 0.717) is 23.4 Å². The van der Waals surface area contributed by atoms with Crippen LogP contribution in [0, 0.1) is 0 Å². The Morgan fingerprint density at radius 1 is 1.18 bits per heavy atom. The third-order valence-electron chi connectivity index (χ3n) is 5.54. The molecule has 0 bridgehead atoms. The SMILES string of the molecule is COc1cc(CN2CCC[C@H](c3ccc(Nc4ncccn4)cn3)C2)ccc1OCC(N)=O. The molecule has 33 heavy (non-hydrogen) atoms. The van der Waals surface area contributed by atoms with Crippen molar-refractivity contribution >= 4 is 17.5 Å². The summed E-state index contributed by atoms with van der Waals surface area (Å²) in [6.07, 6.45) is 7.46. The molecule has 3 heterocycles. The largest absolute Gasteiger partial charge is 0.493 e. The first-order valence-corrected chi connectivity index (χ1v) is 10.9. The minimum atomic E-state index is -0.522. The number of nitrogens with one attached hydrogen (secondary N) is 1. The van der Waals surface area contributed by atoms with Crippen molar-refractivity contribution in [3.8, 4) is 11.5 Å². The van der Waals surface area contributed by atoms with E-state index in [1.54, 1.807) is 25.6 Å². The van der Waals surface area contributed by atoms with E-state index in [0.717, 1.165) is 49.4 Å². The number of anilines is 2. The molecule has 1 fully saturated rings. The molecular formula is C24H28N6O3. The van der Waals surface area contributed by atoms with E-state index in [2.05, 4.69) is 26.3 Å². The van der Waals surface area contributed by atoms with Crippen LogP contribution in [0.25, 0.3) is 0 Å². The highest BCUT2D eigenvalue weighted by atomic mass is 16.5. The molecule has 0 saturated carbocycles. The van der Waals surface area contributed by atoms with Crippen LogP contribution in [0.1, 0.15) is 30.0 Å². The predicted octanol–water partition coefficient (Wildman–Crippen LogP) is 2.87. The Hall–Kier alpha value is -3.72. The molecule has 9 heteroatoms. The number of rotatable bonds is 9. The van der Waals surface area contributed by atoms with Crippen LogP contribution in [0.5, 0.6) is 11.5 Å². The van der Waals surface area contributed by atoms with Gasteiger partial charge < -0.3 is 20.5 Å². The van der Waals surface area contributed by atoms with Crippen LogP contribution in [0.2, 0.25) is 0 Å². The van der Waals surface area contributed by atoms with Crippen molar-refractivity contribution in [3.05, 3.63) is 66.2 Å². The molecule has 1 aliphatic rings. The molecule has 172 valence electrons. The Kier molecular flexibility index (Phi) is 7.31. The summed E-state index contributed by atoms with van der Waals surface area (Å²) in [5, 5.41) is 3.16. The Bertz CT molecular complexity index is 1060. The van der Waals surface area contributed by atoms with Crippen LogP contribution in [0.3, 0.4) is 0 Å². The van der Waals surface area contributed by atoms with Crippen LogP contribution in [0.4, 0.5) is 11.6 Å². The summed E-state index contributed by atoms with van der Waals surface area (Å²) in [4.78, 5) is 26.5. The number of primary amides is 1. The minimum absolute atomic E-state index is 0.177. The second-order valence-corrected chi connectivity index (χ2v) is 7.98. The third-order valence-corrected chi connectivity index (χ3v) is 5.54. The van der Waals surface area contributed by atoms with Gasteiger partial charge in [0.05, 0.1) is 19.0 Å². The van der Waals surface area contributed by atoms with Gasteiger partial charge in [0.1, 0.15) is 0 Å². The fourth-order valence-corrected chi connectivity index (χ4v) is 3.99. The van der Waals surface area contributed by atoms with E-state index in [4.69, 9.17) is 20.2 Å². The number of benzene rings is 1. The summed E-state index contributed by atoms with van der Waals surface area (Å²) in [6, 6.07) is 11.6. The lowest BCUT2D eigenvalue weighted by Gasteiger charge is -2.32. The van der Waals surface area contributed by atoms with Gasteiger partial charge >= 0.3 is 0 Å². The average Bonchev–Trinajstić information content (AvgIpc) is 2.84. The topological polar surface area (TPSA) is 115 Å². The highest BCUT2D eigenvalue weighted by Crippen LogP contribution is 2.31. The van der Waals surface area contributed by atoms with Gasteiger partial charge in [-0.2, -0.15) is 0 Å². The molecule has 1 aromatic carbocycles. The van der Waals surface area contributed by atoms with Gasteiger partial charge in [0, 0.05) is 37.1 Å². The van der Waals surface area contributed by atoms with E-state index in [9.17, 15) is 4.79 Å². The second-order valence-electron chi connectivity index (χ2n) is 7.98. The Balaban J connectivity index is 1.37. The van der Waals surface area contributed by atoms with Gasteiger partial charge in [0.2, 0.25) is 5.95 Å². The Morgan fingerprint density at radius 3 is 2.76 bits per heavy atom. The van der Waals surface area contributed by atoms with Crippen molar-refractivity contribution in [1.29, 1.82) is 0 Å². The van der Waals surface area contributed by atoms with Crippen LogP contribution in [0.15, 0.2) is 55.0 Å². The van der Waals surface area contributed by atoms with Gasteiger partial charge in [0.15, 0.2) is 18.1 Å². The maximum absolute atomic E-state index is 11.0. The summed E-state index contributed by atoms with van der Waals surface area (Å²) < 4.78 is 10.9. The smallest absolute Gasteiger partial charge is 0.255 e. The highest BCUT2D eigenvalue weighted by molar-refractivity contribution is 5.75. The van der Waals surface area contributed by atoms with Crippen LogP contribution < -0.4 is 20.5 Å². The maximum Gasteiger partial charge on any atom is 0.255 e. The summed E-state index contributed by atoms with van der Waals surface area (Å²) in [7, 11) is 1.58. The number of nitrogens with zero attached hydrogens (tertiary/aromatic N) is 4. The zero-order chi connectivity index (χ0) is 23.0. The standard InChI is InChI=1S/C24H28N6O3/c1-32-22-12-17(5-8-21(22)33-16-23(25)31)14-30-11-2-4-18(15-30)20-7-6-19(13-28-20)29-24-26-9-3-10-27-24/h3,5-10,12-13,18H,2,4,11,14-16H2,1H3,(H2,25,31)(H,26,27,29)/t18-/m0/s1. The van der Waals surface area contributed by atoms with E-state index in [1.807, 2.05) is 30.5 Å². The normalized spacial score (nSPS) is 16.2. The van der Waals surface area contributed by atoms with Gasteiger partial charge in [-0.3, -0.25) is 14.7 Å². The summed E-state index contributed by atoms with van der Waals surface area (Å²) in [5.74, 6) is 1.51. The molecule has 3 aromatic rings. The number of methoxy groups -OCH3 is 1. The quantitative estimate of drug-likeness (QED) is 0.513. The lowest BCUT2D eigenvalue weighted by molar-refractivity contribution is -0.119. The molecule has 1 aliphatic heterocycles. The molecule has 0 spiro atoms. The highest BCUT2D eigenvalue weighted by Gasteiger charge is 2.23. The lowest BCUT2D eigenvalue weighted by Crippen LogP contribution is -2.34. The van der Waals surface area contributed by atoms with Crippen molar-refractivity contribution in [2.75, 3.05) is 32.1 Å². The van der Waals surface area contributed by atoms with Crippen LogP contribution in [-0.4, -0.2) is 52.6 Å². The van der Waals surface area contributed by atoms with Crippen LogP contribution >= 0.6 is 0 Å². The van der Waals surface area contributed by atoms with E-state index < -0.39 is 5.91 Å². The number of ether oxygens (including phenoxy) is 2. The van der Waals surface area contributed by atoms with Crippen molar-refractivity contribution < 1.29 is 14.3 Å². The van der Waals surface area contributed by atoms with Gasteiger partial charge in [-0.1, -0.05) is 6.07 Å². The number of hydrogen-bond donors (Lipinski definition) is 2. The minimum Gasteiger partial charge on any atom is -0.493 e. The number of likely N-dealkylation sites (tertiary alicyclic amines) is 1. The molecule has 2 aromatic heterocycles. The Labute approximate surface area is 193 Å². The fraction of sp³-hybridized carbons (Fsp3) is 0.333. The number of pyridine rings is 1. The Morgan fingerprint density at radius 2 is 2.03 bits per heavy atom. The number of hydrogen-bond acceptors (Lipinski definition) is 8. The molecule has 0 radical (unpaired) electrons. The number of carbonyl (C=O) groups excluding carboxylic acids is 1. The van der Waals surface area contributed by atoms with Crippen molar-refractivity contribution in [1.82, 2.24) is 19.9 Å². The number of nitrogens with two attached hydrogens (primary N) is 1. The maximum atomic E-state index is 11.0. The summed E-state index contributed by atoms with van der Waals surface area (Å²) in [6.45, 7) is 2.59. The van der Waals surface area contributed by atoms with Crippen LogP contribution in [-0.2, 0) is 11.3 Å². The van der Waals surface area contributed by atoms with Crippen molar-refractivity contribution in [3.63, 3.8) is 0 Å². The molecule has 9 nitrogen and oxygen atoms in total. The first kappa shape index (κ1) is 22.5. The molecule has 4 rings (SSSR count). The van der Waals surface area contributed by atoms with Gasteiger partial charge in [0.25, 0.3) is 5.91 Å². The zero-order valence-electron chi connectivity index (χ0n) is 18.6. The summed E-state index contributed by atoms with van der Waals surface area (Å²) in [5.41, 5.74) is 8.24. The van der Waals surface area contributed by atoms with E-state index in [-0.39, 0.29) is 6.61 Å². The van der Waals surface area contributed by atoms with E-state index >= 15 is 0 Å². The monoisotopic (exact) mass is 448 g/mol. The molecule has 1 saturated heterocycles. The number of aromatic nitrogens is 3. The first-order chi connectivity index (χ1) is 16.1. The predicted molar refractivity (Wildman–Crippen MR) is 124 cm³/mol. The molecule has 0 unspecified atom stereocenters. The van der Waals surface area contributed by atoms with Gasteiger partial charge in [-0.25, -0.2) is 9.97 Å². The number of carbonyl (C=O) groups is 1. The summed E-state index contributed by atoms with van der Waals surface area (Å²) >= 11 is 0. The van der Waals surface area contributed by atoms with Crippen molar-refractivity contribution in [2.45, 2.75) is 25.3 Å². The molecule has 0 aliphatic carbocycles. The van der Waals surface area contributed by atoms with E-state index in [1.165, 1.54) is 0 Å². The first-order valence-electron chi connectivity index (χ1n) is 10.9. The average molecular weight is 449 g/mol. The van der Waals surface area contributed by atoms with Crippen molar-refractivity contribution in [2.24, 2.45) is 5.73 Å². The molecule has 1 amide bonds. The molecule has 1 atom stereocenters. The second kappa shape index (κ2) is 10.7. The molecular weight excluding hydrogens is 420 g/mol. The lowest BCUT2D eigenvalue weighted by atomic mass is 9.94. The van der Waals surface area contributed by atoms with Gasteiger partial charge in [-0.15, -0.1) is 0 Å².